The molecule has 0 amide bonds. The van der Waals surface area contributed by atoms with Gasteiger partial charge >= 0.3 is 0 Å². The third-order valence-corrected chi connectivity index (χ3v) is 4.20. The van der Waals surface area contributed by atoms with Gasteiger partial charge in [0.1, 0.15) is 0 Å². The van der Waals surface area contributed by atoms with Gasteiger partial charge in [0.05, 0.1) is 0 Å². The molecule has 0 spiro atoms. The van der Waals surface area contributed by atoms with Crippen molar-refractivity contribution in [2.75, 3.05) is 59.2 Å². The van der Waals surface area contributed by atoms with Gasteiger partial charge in [-0.15, -0.1) is 23.2 Å². The Balaban J connectivity index is 2.06. The first-order chi connectivity index (χ1) is 11.6. The monoisotopic (exact) mass is 366 g/mol. The molecule has 2 aromatic rings. The standard InChI is InChI=1S/C18H24Cl2N4/c19-9-11-23(17-5-1-15(21)2-6-17)13-14-24(12-10-20)18-7-3-16(22)4-8-18/h1-8H,9-14,21-22H2. The molecule has 0 unspecified atom stereocenters. The maximum atomic E-state index is 5.97. The summed E-state index contributed by atoms with van der Waals surface area (Å²) in [5.74, 6) is 1.14. The molecule has 0 saturated heterocycles. The van der Waals surface area contributed by atoms with Crippen molar-refractivity contribution in [3.8, 4) is 0 Å². The zero-order chi connectivity index (χ0) is 17.4. The second-order valence-electron chi connectivity index (χ2n) is 5.54. The van der Waals surface area contributed by atoms with Gasteiger partial charge in [-0.3, -0.25) is 0 Å². The Morgan fingerprint density at radius 1 is 0.583 bits per heavy atom. The van der Waals surface area contributed by atoms with E-state index >= 15 is 0 Å². The fourth-order valence-corrected chi connectivity index (χ4v) is 2.96. The van der Waals surface area contributed by atoms with Crippen molar-refractivity contribution < 1.29 is 0 Å². The van der Waals surface area contributed by atoms with Crippen LogP contribution in [0.25, 0.3) is 0 Å². The van der Waals surface area contributed by atoms with Crippen molar-refractivity contribution in [1.29, 1.82) is 0 Å². The third-order valence-electron chi connectivity index (χ3n) is 3.87. The van der Waals surface area contributed by atoms with Crippen LogP contribution < -0.4 is 21.3 Å². The summed E-state index contributed by atoms with van der Waals surface area (Å²) in [6.07, 6.45) is 0. The summed E-state index contributed by atoms with van der Waals surface area (Å²) >= 11 is 11.9. The predicted molar refractivity (Wildman–Crippen MR) is 108 cm³/mol. The van der Waals surface area contributed by atoms with Crippen molar-refractivity contribution >= 4 is 46.0 Å². The summed E-state index contributed by atoms with van der Waals surface area (Å²) in [7, 11) is 0. The van der Waals surface area contributed by atoms with E-state index in [1.807, 2.05) is 48.5 Å². The van der Waals surface area contributed by atoms with Crippen LogP contribution in [0.15, 0.2) is 48.5 Å². The van der Waals surface area contributed by atoms with Crippen molar-refractivity contribution in [2.45, 2.75) is 0 Å². The number of benzene rings is 2. The molecule has 0 aliphatic rings. The molecule has 4 N–H and O–H groups in total. The lowest BCUT2D eigenvalue weighted by Gasteiger charge is -2.30. The normalized spacial score (nSPS) is 10.6. The molecule has 0 aliphatic heterocycles. The van der Waals surface area contributed by atoms with Crippen molar-refractivity contribution in [3.05, 3.63) is 48.5 Å². The van der Waals surface area contributed by atoms with Crippen LogP contribution in [-0.2, 0) is 0 Å². The summed E-state index contributed by atoms with van der Waals surface area (Å²) < 4.78 is 0. The number of halogens is 2. The fourth-order valence-electron chi connectivity index (χ4n) is 2.56. The van der Waals surface area contributed by atoms with E-state index in [4.69, 9.17) is 34.7 Å². The number of hydrogen-bond donors (Lipinski definition) is 2. The number of alkyl halides is 2. The molecule has 24 heavy (non-hydrogen) atoms. The molecule has 2 rings (SSSR count). The Morgan fingerprint density at radius 2 is 0.917 bits per heavy atom. The number of nitrogens with two attached hydrogens (primary N) is 2. The molecule has 0 aromatic heterocycles. The van der Waals surface area contributed by atoms with E-state index < -0.39 is 0 Å². The lowest BCUT2D eigenvalue weighted by Crippen LogP contribution is -2.37. The number of anilines is 4. The minimum absolute atomic E-state index is 0.571. The molecule has 0 atom stereocenters. The molecule has 0 aliphatic carbocycles. The largest absolute Gasteiger partial charge is 0.399 e. The van der Waals surface area contributed by atoms with Crippen LogP contribution in [0.5, 0.6) is 0 Å². The summed E-state index contributed by atoms with van der Waals surface area (Å²) in [5, 5.41) is 0. The molecule has 0 saturated carbocycles. The van der Waals surface area contributed by atoms with Crippen LogP contribution in [0.1, 0.15) is 0 Å². The SMILES string of the molecule is Nc1ccc(N(CCCl)CCN(CCCl)c2ccc(N)cc2)cc1. The maximum absolute atomic E-state index is 5.97. The van der Waals surface area contributed by atoms with Gasteiger partial charge in [-0.05, 0) is 48.5 Å². The van der Waals surface area contributed by atoms with Crippen LogP contribution in [-0.4, -0.2) is 37.9 Å². The first-order valence-electron chi connectivity index (χ1n) is 7.97. The zero-order valence-electron chi connectivity index (χ0n) is 13.7. The molecule has 0 radical (unpaired) electrons. The van der Waals surface area contributed by atoms with Gasteiger partial charge in [-0.1, -0.05) is 0 Å². The second-order valence-corrected chi connectivity index (χ2v) is 6.29. The number of nitrogens with zero attached hydrogens (tertiary/aromatic N) is 2. The average molecular weight is 367 g/mol. The van der Waals surface area contributed by atoms with E-state index in [1.165, 1.54) is 0 Å². The number of nitrogen functional groups attached to an aromatic ring is 2. The minimum Gasteiger partial charge on any atom is -0.399 e. The van der Waals surface area contributed by atoms with E-state index in [-0.39, 0.29) is 0 Å². The van der Waals surface area contributed by atoms with Gasteiger partial charge in [0.2, 0.25) is 0 Å². The molecule has 2 aromatic carbocycles. The fraction of sp³-hybridized carbons (Fsp3) is 0.333. The van der Waals surface area contributed by atoms with Crippen LogP contribution >= 0.6 is 23.2 Å². The van der Waals surface area contributed by atoms with Crippen LogP contribution in [0.4, 0.5) is 22.7 Å². The van der Waals surface area contributed by atoms with Gasteiger partial charge in [0.25, 0.3) is 0 Å². The molecule has 6 heteroatoms. The lowest BCUT2D eigenvalue weighted by atomic mass is 10.2. The Kier molecular flexibility index (Phi) is 7.35. The summed E-state index contributed by atoms with van der Waals surface area (Å²) in [6, 6.07) is 15.7. The average Bonchev–Trinajstić information content (AvgIpc) is 2.59. The van der Waals surface area contributed by atoms with Crippen LogP contribution in [0, 0.1) is 0 Å². The van der Waals surface area contributed by atoms with E-state index in [1.54, 1.807) is 0 Å². The molecular weight excluding hydrogens is 343 g/mol. The molecule has 130 valence electrons. The highest BCUT2D eigenvalue weighted by molar-refractivity contribution is 6.18. The van der Waals surface area contributed by atoms with Crippen molar-refractivity contribution in [3.63, 3.8) is 0 Å². The first kappa shape index (κ1) is 18.6. The third kappa shape index (κ3) is 5.39. The smallest absolute Gasteiger partial charge is 0.0399 e. The first-order valence-corrected chi connectivity index (χ1v) is 9.04. The molecule has 0 heterocycles. The summed E-state index contributed by atoms with van der Waals surface area (Å²) in [4.78, 5) is 4.51. The second kappa shape index (κ2) is 9.50. The predicted octanol–water partition coefficient (Wildman–Crippen LogP) is 3.64. The lowest BCUT2D eigenvalue weighted by molar-refractivity contribution is 0.757. The maximum Gasteiger partial charge on any atom is 0.0399 e. The molecular formula is C18H24Cl2N4. The van der Waals surface area contributed by atoms with E-state index in [2.05, 4.69) is 9.80 Å². The van der Waals surface area contributed by atoms with Gasteiger partial charge in [-0.2, -0.15) is 0 Å². The van der Waals surface area contributed by atoms with E-state index in [0.29, 0.717) is 11.8 Å². The Labute approximate surface area is 153 Å². The summed E-state index contributed by atoms with van der Waals surface area (Å²) in [6.45, 7) is 3.25. The topological polar surface area (TPSA) is 58.5 Å². The highest BCUT2D eigenvalue weighted by atomic mass is 35.5. The molecule has 4 nitrogen and oxygen atoms in total. The quantitative estimate of drug-likeness (QED) is 0.525. The number of hydrogen-bond acceptors (Lipinski definition) is 4. The minimum atomic E-state index is 0.571. The van der Waals surface area contributed by atoms with Crippen LogP contribution in [0.2, 0.25) is 0 Å². The highest BCUT2D eigenvalue weighted by Crippen LogP contribution is 2.19. The molecule has 0 fully saturated rings. The van der Waals surface area contributed by atoms with Gasteiger partial charge in [0.15, 0.2) is 0 Å². The zero-order valence-corrected chi connectivity index (χ0v) is 15.2. The number of rotatable bonds is 9. The van der Waals surface area contributed by atoms with E-state index in [9.17, 15) is 0 Å². The van der Waals surface area contributed by atoms with E-state index in [0.717, 1.165) is 48.9 Å². The van der Waals surface area contributed by atoms with Crippen molar-refractivity contribution in [2.24, 2.45) is 0 Å². The Bertz CT molecular complexity index is 546. The summed E-state index contributed by atoms with van der Waals surface area (Å²) in [5.41, 5.74) is 15.3. The Morgan fingerprint density at radius 3 is 1.21 bits per heavy atom. The molecule has 0 bridgehead atoms. The van der Waals surface area contributed by atoms with Gasteiger partial charge < -0.3 is 21.3 Å². The highest BCUT2D eigenvalue weighted by Gasteiger charge is 2.10. The van der Waals surface area contributed by atoms with Crippen molar-refractivity contribution in [1.82, 2.24) is 0 Å². The van der Waals surface area contributed by atoms with Gasteiger partial charge in [0, 0.05) is 60.7 Å². The Hall–Kier alpha value is -1.78. The van der Waals surface area contributed by atoms with Crippen LogP contribution in [0.3, 0.4) is 0 Å². The van der Waals surface area contributed by atoms with Gasteiger partial charge in [-0.25, -0.2) is 0 Å².